The van der Waals surface area contributed by atoms with Crippen molar-refractivity contribution in [2.45, 2.75) is 24.7 Å². The van der Waals surface area contributed by atoms with Gasteiger partial charge in [0.25, 0.3) is 0 Å². The molecule has 0 N–H and O–H groups in total. The van der Waals surface area contributed by atoms with Crippen molar-refractivity contribution in [3.05, 3.63) is 99.3 Å². The number of carbonyl (C=O) groups is 1. The maximum atomic E-state index is 13.8. The molecule has 1 unspecified atom stereocenters. The standard InChI is InChI=1S/C26H26F3N3O6S/c1-39(36,37)38-23-11-10-21(20-7-3-2-4-8-20)17-25(23,32(34)35)24(33)31-14-12-30(13-15-31)18-19-6-5-9-22(16-19)26(27,28)29/h2-11,16H,12-15,17-18H2,1H3. The second-order valence-electron chi connectivity index (χ2n) is 9.44. The van der Waals surface area contributed by atoms with Gasteiger partial charge in [0.1, 0.15) is 0 Å². The quantitative estimate of drug-likeness (QED) is 0.286. The largest absolute Gasteiger partial charge is 0.416 e. The average molecular weight is 566 g/mol. The minimum Gasteiger partial charge on any atom is -0.379 e. The zero-order chi connectivity index (χ0) is 28.4. The number of allylic oxidation sites excluding steroid dienone is 2. The summed E-state index contributed by atoms with van der Waals surface area (Å²) in [4.78, 5) is 28.7. The van der Waals surface area contributed by atoms with E-state index >= 15 is 0 Å². The van der Waals surface area contributed by atoms with Crippen molar-refractivity contribution in [1.29, 1.82) is 0 Å². The second-order valence-corrected chi connectivity index (χ2v) is 11.0. The third kappa shape index (κ3) is 6.31. The summed E-state index contributed by atoms with van der Waals surface area (Å²) in [5.41, 5.74) is -1.72. The van der Waals surface area contributed by atoms with Crippen molar-refractivity contribution in [3.8, 4) is 0 Å². The van der Waals surface area contributed by atoms with E-state index in [4.69, 9.17) is 4.18 Å². The van der Waals surface area contributed by atoms with Gasteiger partial charge in [0, 0.05) is 37.6 Å². The van der Waals surface area contributed by atoms with Crippen LogP contribution in [0.5, 0.6) is 0 Å². The third-order valence-electron chi connectivity index (χ3n) is 6.66. The van der Waals surface area contributed by atoms with E-state index in [2.05, 4.69) is 0 Å². The number of amides is 1. The van der Waals surface area contributed by atoms with E-state index in [0.717, 1.165) is 24.5 Å². The molecule has 0 radical (unpaired) electrons. The molecule has 1 amide bonds. The smallest absolute Gasteiger partial charge is 0.379 e. The van der Waals surface area contributed by atoms with Gasteiger partial charge in [-0.3, -0.25) is 19.8 Å². The van der Waals surface area contributed by atoms with Crippen LogP contribution >= 0.6 is 0 Å². The van der Waals surface area contributed by atoms with Gasteiger partial charge in [0.05, 0.1) is 18.2 Å². The van der Waals surface area contributed by atoms with E-state index in [1.165, 1.54) is 17.0 Å². The minimum absolute atomic E-state index is 0.0594. The lowest BCUT2D eigenvalue weighted by Gasteiger charge is -2.38. The summed E-state index contributed by atoms with van der Waals surface area (Å²) in [6, 6.07) is 13.7. The number of hydrogen-bond donors (Lipinski definition) is 0. The molecule has 2 aromatic rings. The maximum Gasteiger partial charge on any atom is 0.416 e. The molecular formula is C26H26F3N3O6S. The number of nitro groups is 1. The van der Waals surface area contributed by atoms with Crippen molar-refractivity contribution >= 4 is 21.6 Å². The van der Waals surface area contributed by atoms with Crippen LogP contribution in [0.1, 0.15) is 23.1 Å². The number of benzene rings is 2. The normalized spacial score (nSPS) is 20.7. The topological polar surface area (TPSA) is 110 Å². The monoisotopic (exact) mass is 565 g/mol. The molecule has 1 atom stereocenters. The number of halogens is 3. The van der Waals surface area contributed by atoms with Gasteiger partial charge in [-0.15, -0.1) is 0 Å². The van der Waals surface area contributed by atoms with Crippen LogP contribution in [-0.4, -0.2) is 67.0 Å². The molecule has 1 saturated heterocycles. The number of carbonyl (C=O) groups excluding carboxylic acids is 1. The number of hydrogen-bond acceptors (Lipinski definition) is 7. The predicted octanol–water partition coefficient (Wildman–Crippen LogP) is 3.71. The lowest BCUT2D eigenvalue weighted by atomic mass is 9.81. The lowest BCUT2D eigenvalue weighted by molar-refractivity contribution is -0.545. The molecular weight excluding hydrogens is 539 g/mol. The Labute approximate surface area is 223 Å². The Morgan fingerprint density at radius 3 is 2.31 bits per heavy atom. The van der Waals surface area contributed by atoms with Crippen molar-refractivity contribution in [2.75, 3.05) is 32.4 Å². The molecule has 1 fully saturated rings. The Morgan fingerprint density at radius 2 is 1.72 bits per heavy atom. The fourth-order valence-corrected chi connectivity index (χ4v) is 5.25. The van der Waals surface area contributed by atoms with Crippen molar-refractivity contribution < 1.29 is 35.5 Å². The van der Waals surface area contributed by atoms with Gasteiger partial charge in [-0.1, -0.05) is 54.6 Å². The van der Waals surface area contributed by atoms with E-state index in [1.807, 2.05) is 4.90 Å². The van der Waals surface area contributed by atoms with Crippen LogP contribution in [-0.2, 0) is 31.8 Å². The summed E-state index contributed by atoms with van der Waals surface area (Å²) in [7, 11) is -4.19. The molecule has 2 aromatic carbocycles. The molecule has 9 nitrogen and oxygen atoms in total. The number of alkyl halides is 3. The fourth-order valence-electron chi connectivity index (χ4n) is 4.73. The van der Waals surface area contributed by atoms with E-state index in [1.54, 1.807) is 36.4 Å². The Balaban J connectivity index is 1.56. The van der Waals surface area contributed by atoms with Crippen molar-refractivity contribution in [2.24, 2.45) is 0 Å². The molecule has 1 aliphatic carbocycles. The number of piperazine rings is 1. The summed E-state index contributed by atoms with van der Waals surface area (Å²) in [6.45, 7) is 0.829. The summed E-state index contributed by atoms with van der Waals surface area (Å²) < 4.78 is 68.1. The third-order valence-corrected chi connectivity index (χ3v) is 7.14. The molecule has 208 valence electrons. The Morgan fingerprint density at radius 1 is 1.05 bits per heavy atom. The molecule has 13 heteroatoms. The highest BCUT2D eigenvalue weighted by molar-refractivity contribution is 7.86. The first-order valence-corrected chi connectivity index (χ1v) is 13.8. The van der Waals surface area contributed by atoms with Gasteiger partial charge >= 0.3 is 27.7 Å². The summed E-state index contributed by atoms with van der Waals surface area (Å²) >= 11 is 0. The Kier molecular flexibility index (Phi) is 7.84. The highest BCUT2D eigenvalue weighted by Crippen LogP contribution is 2.40. The molecule has 1 aliphatic heterocycles. The summed E-state index contributed by atoms with van der Waals surface area (Å²) in [6.07, 6.45) is -1.50. The molecule has 2 aliphatic rings. The van der Waals surface area contributed by atoms with Crippen molar-refractivity contribution in [3.63, 3.8) is 0 Å². The fraction of sp³-hybridized carbons (Fsp3) is 0.346. The van der Waals surface area contributed by atoms with E-state index in [0.29, 0.717) is 16.7 Å². The van der Waals surface area contributed by atoms with Crippen LogP contribution in [0.3, 0.4) is 0 Å². The van der Waals surface area contributed by atoms with Crippen LogP contribution in [0, 0.1) is 10.1 Å². The van der Waals surface area contributed by atoms with Crippen molar-refractivity contribution in [1.82, 2.24) is 9.80 Å². The molecule has 1 heterocycles. The Bertz CT molecular complexity index is 1420. The average Bonchev–Trinajstić information content (AvgIpc) is 2.88. The zero-order valence-corrected chi connectivity index (χ0v) is 21.7. The van der Waals surface area contributed by atoms with Crippen LogP contribution in [0.4, 0.5) is 13.2 Å². The molecule has 0 spiro atoms. The zero-order valence-electron chi connectivity index (χ0n) is 20.9. The Hall–Kier alpha value is -3.71. The first-order chi connectivity index (χ1) is 18.3. The van der Waals surface area contributed by atoms with Gasteiger partial charge in [0.2, 0.25) is 5.76 Å². The van der Waals surface area contributed by atoms with E-state index in [9.17, 15) is 36.5 Å². The molecule has 39 heavy (non-hydrogen) atoms. The van der Waals surface area contributed by atoms with Gasteiger partial charge in [0.15, 0.2) is 0 Å². The summed E-state index contributed by atoms with van der Waals surface area (Å²) in [5, 5.41) is 12.6. The predicted molar refractivity (Wildman–Crippen MR) is 136 cm³/mol. The molecule has 0 saturated carbocycles. The maximum absolute atomic E-state index is 13.8. The highest BCUT2D eigenvalue weighted by Gasteiger charge is 2.60. The van der Waals surface area contributed by atoms with Crippen LogP contribution < -0.4 is 0 Å². The number of nitrogens with zero attached hydrogens (tertiary/aromatic N) is 3. The highest BCUT2D eigenvalue weighted by atomic mass is 32.2. The number of rotatable bonds is 7. The second kappa shape index (κ2) is 10.8. The summed E-state index contributed by atoms with van der Waals surface area (Å²) in [5.74, 6) is -1.51. The molecule has 4 rings (SSSR count). The van der Waals surface area contributed by atoms with Gasteiger partial charge < -0.3 is 9.08 Å². The van der Waals surface area contributed by atoms with Gasteiger partial charge in [-0.25, -0.2) is 0 Å². The SMILES string of the molecule is CS(=O)(=O)OC1=CC=C(c2ccccc2)CC1(C(=O)N1CCN(Cc2cccc(C(F)(F)F)c2)CC1)[N+](=O)[O-]. The van der Waals surface area contributed by atoms with E-state index in [-0.39, 0.29) is 32.7 Å². The van der Waals surface area contributed by atoms with Gasteiger partial charge in [-0.2, -0.15) is 21.6 Å². The molecule has 0 bridgehead atoms. The first-order valence-electron chi connectivity index (χ1n) is 12.0. The van der Waals surface area contributed by atoms with Gasteiger partial charge in [-0.05, 0) is 28.8 Å². The molecule has 0 aromatic heterocycles. The van der Waals surface area contributed by atoms with Crippen LogP contribution in [0.15, 0.2) is 72.5 Å². The van der Waals surface area contributed by atoms with E-state index < -0.39 is 50.4 Å². The first kappa shape index (κ1) is 28.3. The lowest BCUT2D eigenvalue weighted by Crippen LogP contribution is -2.60. The van der Waals surface area contributed by atoms with Crippen LogP contribution in [0.2, 0.25) is 0 Å². The van der Waals surface area contributed by atoms with Crippen LogP contribution in [0.25, 0.3) is 5.57 Å². The minimum atomic E-state index is -4.47.